The third kappa shape index (κ3) is 3.60. The Morgan fingerprint density at radius 3 is 2.76 bits per heavy atom. The summed E-state index contributed by atoms with van der Waals surface area (Å²) in [5.41, 5.74) is 5.37. The summed E-state index contributed by atoms with van der Waals surface area (Å²) < 4.78 is 47.0. The number of benzene rings is 1. The van der Waals surface area contributed by atoms with E-state index in [1.165, 1.54) is 19.1 Å². The van der Waals surface area contributed by atoms with Gasteiger partial charge in [0, 0.05) is 18.7 Å². The lowest BCUT2D eigenvalue weighted by Gasteiger charge is -2.34. The Labute approximate surface area is 124 Å². The summed E-state index contributed by atoms with van der Waals surface area (Å²) in [5.74, 6) is -0.566. The first-order chi connectivity index (χ1) is 9.77. The van der Waals surface area contributed by atoms with Crippen LogP contribution in [-0.2, 0) is 21.3 Å². The molecule has 1 aliphatic rings. The van der Waals surface area contributed by atoms with Crippen LogP contribution in [0.3, 0.4) is 0 Å². The van der Waals surface area contributed by atoms with Gasteiger partial charge in [-0.05, 0) is 44.4 Å². The van der Waals surface area contributed by atoms with Gasteiger partial charge in [0.2, 0.25) is 10.0 Å². The molecule has 21 heavy (non-hydrogen) atoms. The van der Waals surface area contributed by atoms with Gasteiger partial charge in [-0.25, -0.2) is 17.5 Å². The summed E-state index contributed by atoms with van der Waals surface area (Å²) in [6.45, 7) is 4.27. The molecule has 2 rings (SSSR count). The Hall–Kier alpha value is -1.02. The third-order valence-electron chi connectivity index (χ3n) is 3.70. The van der Waals surface area contributed by atoms with Gasteiger partial charge in [0.25, 0.3) is 0 Å². The molecule has 5 nitrogen and oxygen atoms in total. The molecule has 3 N–H and O–H groups in total. The standard InChI is InChI=1S/C14H21FN2O3S/c1-10-12(15)6-11(8-16)7-13(10)21(18,19)17-14(2)4-3-5-20-9-14/h6-7,17H,3-5,8-9,16H2,1-2H3. The summed E-state index contributed by atoms with van der Waals surface area (Å²) >= 11 is 0. The molecule has 0 bridgehead atoms. The van der Waals surface area contributed by atoms with Crippen LogP contribution in [0.1, 0.15) is 30.9 Å². The van der Waals surface area contributed by atoms with Crippen LogP contribution in [0.4, 0.5) is 4.39 Å². The molecule has 7 heteroatoms. The number of halogens is 1. The zero-order valence-corrected chi connectivity index (χ0v) is 13.1. The third-order valence-corrected chi connectivity index (χ3v) is 5.46. The second-order valence-electron chi connectivity index (χ2n) is 5.73. The van der Waals surface area contributed by atoms with Gasteiger partial charge in [-0.15, -0.1) is 0 Å². The zero-order valence-electron chi connectivity index (χ0n) is 12.3. The van der Waals surface area contributed by atoms with Crippen molar-refractivity contribution in [2.24, 2.45) is 5.73 Å². The fraction of sp³-hybridized carbons (Fsp3) is 0.571. The smallest absolute Gasteiger partial charge is 0.241 e. The van der Waals surface area contributed by atoms with Crippen LogP contribution >= 0.6 is 0 Å². The fourth-order valence-electron chi connectivity index (χ4n) is 2.50. The van der Waals surface area contributed by atoms with Crippen molar-refractivity contribution in [2.45, 2.75) is 43.7 Å². The molecular weight excluding hydrogens is 295 g/mol. The normalized spacial score (nSPS) is 23.2. The summed E-state index contributed by atoms with van der Waals surface area (Å²) in [4.78, 5) is -0.0604. The van der Waals surface area contributed by atoms with E-state index in [1.807, 2.05) is 0 Å². The summed E-state index contributed by atoms with van der Waals surface area (Å²) in [5, 5.41) is 0. The van der Waals surface area contributed by atoms with Crippen molar-refractivity contribution in [3.8, 4) is 0 Å². The maximum atomic E-state index is 13.9. The quantitative estimate of drug-likeness (QED) is 0.881. The first kappa shape index (κ1) is 16.4. The maximum absolute atomic E-state index is 13.9. The summed E-state index contributed by atoms with van der Waals surface area (Å²) in [6.07, 6.45) is 1.47. The summed E-state index contributed by atoms with van der Waals surface area (Å²) in [7, 11) is -3.83. The van der Waals surface area contributed by atoms with Gasteiger partial charge in [-0.1, -0.05) is 0 Å². The number of sulfonamides is 1. The predicted molar refractivity (Wildman–Crippen MR) is 77.8 cm³/mol. The molecule has 1 fully saturated rings. The monoisotopic (exact) mass is 316 g/mol. The van der Waals surface area contributed by atoms with Crippen molar-refractivity contribution in [2.75, 3.05) is 13.2 Å². The van der Waals surface area contributed by atoms with Gasteiger partial charge < -0.3 is 10.5 Å². The Morgan fingerprint density at radius 1 is 1.48 bits per heavy atom. The number of hydrogen-bond acceptors (Lipinski definition) is 4. The number of nitrogens with two attached hydrogens (primary N) is 1. The lowest BCUT2D eigenvalue weighted by atomic mass is 9.97. The topological polar surface area (TPSA) is 81.4 Å². The van der Waals surface area contributed by atoms with E-state index < -0.39 is 21.4 Å². The van der Waals surface area contributed by atoms with Crippen molar-refractivity contribution in [1.29, 1.82) is 0 Å². The van der Waals surface area contributed by atoms with Crippen LogP contribution in [0.25, 0.3) is 0 Å². The first-order valence-corrected chi connectivity index (χ1v) is 8.36. The molecule has 0 saturated carbocycles. The Balaban J connectivity index is 2.37. The van der Waals surface area contributed by atoms with E-state index in [9.17, 15) is 12.8 Å². The van der Waals surface area contributed by atoms with Crippen LogP contribution in [-0.4, -0.2) is 27.2 Å². The van der Waals surface area contributed by atoms with Crippen LogP contribution in [0.15, 0.2) is 17.0 Å². The molecule has 0 amide bonds. The molecule has 1 saturated heterocycles. The summed E-state index contributed by atoms with van der Waals surface area (Å²) in [6, 6.07) is 2.69. The van der Waals surface area contributed by atoms with E-state index in [4.69, 9.17) is 10.5 Å². The maximum Gasteiger partial charge on any atom is 0.241 e. The number of ether oxygens (including phenoxy) is 1. The molecule has 0 aliphatic carbocycles. The van der Waals surface area contributed by atoms with Crippen molar-refractivity contribution in [1.82, 2.24) is 4.72 Å². The van der Waals surface area contributed by atoms with E-state index in [0.29, 0.717) is 25.2 Å². The highest BCUT2D eigenvalue weighted by Gasteiger charge is 2.34. The second kappa shape index (κ2) is 6.00. The van der Waals surface area contributed by atoms with Gasteiger partial charge >= 0.3 is 0 Å². The van der Waals surface area contributed by atoms with Crippen molar-refractivity contribution < 1.29 is 17.5 Å². The molecule has 1 unspecified atom stereocenters. The molecule has 118 valence electrons. The van der Waals surface area contributed by atoms with Crippen LogP contribution in [0.5, 0.6) is 0 Å². The molecule has 1 atom stereocenters. The molecule has 0 aromatic heterocycles. The van der Waals surface area contributed by atoms with Crippen LogP contribution in [0.2, 0.25) is 0 Å². The minimum absolute atomic E-state index is 0.0604. The number of hydrogen-bond donors (Lipinski definition) is 2. The fourth-order valence-corrected chi connectivity index (χ4v) is 4.22. The van der Waals surface area contributed by atoms with Gasteiger partial charge in [0.05, 0.1) is 17.0 Å². The van der Waals surface area contributed by atoms with Crippen molar-refractivity contribution in [3.05, 3.63) is 29.1 Å². The van der Waals surface area contributed by atoms with E-state index in [2.05, 4.69) is 4.72 Å². The van der Waals surface area contributed by atoms with Gasteiger partial charge in [0.1, 0.15) is 5.82 Å². The lowest BCUT2D eigenvalue weighted by molar-refractivity contribution is 0.0386. The Bertz CT molecular complexity index is 625. The highest BCUT2D eigenvalue weighted by molar-refractivity contribution is 7.89. The van der Waals surface area contributed by atoms with E-state index >= 15 is 0 Å². The SMILES string of the molecule is Cc1c(F)cc(CN)cc1S(=O)(=O)NC1(C)CCCOC1. The largest absolute Gasteiger partial charge is 0.380 e. The van der Waals surface area contributed by atoms with E-state index in [0.717, 1.165) is 6.42 Å². The van der Waals surface area contributed by atoms with Crippen LogP contribution < -0.4 is 10.5 Å². The average molecular weight is 316 g/mol. The van der Waals surface area contributed by atoms with Crippen LogP contribution in [0, 0.1) is 12.7 Å². The van der Waals surface area contributed by atoms with E-state index in [1.54, 1.807) is 6.92 Å². The predicted octanol–water partition coefficient (Wildman–Crippen LogP) is 1.44. The molecule has 1 aromatic carbocycles. The molecule has 1 aromatic rings. The molecule has 0 radical (unpaired) electrons. The minimum Gasteiger partial charge on any atom is -0.380 e. The molecule has 1 aliphatic heterocycles. The Morgan fingerprint density at radius 2 is 2.19 bits per heavy atom. The zero-order chi connectivity index (χ0) is 15.7. The number of nitrogens with one attached hydrogen (secondary N) is 1. The Kier molecular flexibility index (Phi) is 4.67. The lowest BCUT2D eigenvalue weighted by Crippen LogP contribution is -2.51. The highest BCUT2D eigenvalue weighted by atomic mass is 32.2. The second-order valence-corrected chi connectivity index (χ2v) is 7.38. The molecule has 1 heterocycles. The number of rotatable bonds is 4. The van der Waals surface area contributed by atoms with Gasteiger partial charge in [-0.2, -0.15) is 0 Å². The van der Waals surface area contributed by atoms with Gasteiger partial charge in [0.15, 0.2) is 0 Å². The first-order valence-electron chi connectivity index (χ1n) is 6.88. The average Bonchev–Trinajstić information content (AvgIpc) is 2.41. The van der Waals surface area contributed by atoms with Crippen molar-refractivity contribution >= 4 is 10.0 Å². The van der Waals surface area contributed by atoms with Crippen molar-refractivity contribution in [3.63, 3.8) is 0 Å². The molecule has 0 spiro atoms. The highest BCUT2D eigenvalue weighted by Crippen LogP contribution is 2.25. The van der Waals surface area contributed by atoms with Gasteiger partial charge in [-0.3, -0.25) is 0 Å². The van der Waals surface area contributed by atoms with E-state index in [-0.39, 0.29) is 17.0 Å². The molecular formula is C14H21FN2O3S. The minimum atomic E-state index is -3.83.